The van der Waals surface area contributed by atoms with Crippen molar-refractivity contribution >= 4 is 27.4 Å². The summed E-state index contributed by atoms with van der Waals surface area (Å²) in [5.74, 6) is 0.969. The number of rotatable bonds is 2. The molecule has 0 amide bonds. The maximum Gasteiger partial charge on any atom is 0.132 e. The van der Waals surface area contributed by atoms with Gasteiger partial charge in [-0.3, -0.25) is 0 Å². The molecule has 0 fully saturated rings. The van der Waals surface area contributed by atoms with Gasteiger partial charge in [-0.05, 0) is 70.6 Å². The predicted octanol–water partition coefficient (Wildman–Crippen LogP) is 4.10. The number of nitrogens with zero attached hydrogens (tertiary/aromatic N) is 2. The zero-order valence-corrected chi connectivity index (χ0v) is 11.9. The molecule has 0 bridgehead atoms. The van der Waals surface area contributed by atoms with Crippen LogP contribution in [0.2, 0.25) is 0 Å². The summed E-state index contributed by atoms with van der Waals surface area (Å²) in [5.41, 5.74) is 4.22. The van der Waals surface area contributed by atoms with Crippen molar-refractivity contribution < 1.29 is 0 Å². The van der Waals surface area contributed by atoms with Gasteiger partial charge in [-0.15, -0.1) is 0 Å². The molecule has 0 radical (unpaired) electrons. The molecule has 1 aromatic carbocycles. The maximum absolute atomic E-state index is 4.43. The van der Waals surface area contributed by atoms with Gasteiger partial charge in [0.1, 0.15) is 5.82 Å². The average Bonchev–Trinajstić information content (AvgIpc) is 2.86. The zero-order valence-electron chi connectivity index (χ0n) is 10.4. The minimum absolute atomic E-state index is 0.969. The fourth-order valence-corrected chi connectivity index (χ4v) is 2.70. The molecule has 0 spiro atoms. The predicted molar refractivity (Wildman–Crippen MR) is 78.5 cm³/mol. The highest BCUT2D eigenvalue weighted by molar-refractivity contribution is 9.10. The van der Waals surface area contributed by atoms with Crippen molar-refractivity contribution in [2.75, 3.05) is 11.9 Å². The molecule has 0 atom stereocenters. The highest BCUT2D eigenvalue weighted by atomic mass is 79.9. The molecule has 0 saturated carbocycles. The summed E-state index contributed by atoms with van der Waals surface area (Å²) in [5, 5.41) is 0. The van der Waals surface area contributed by atoms with Gasteiger partial charge in [0.15, 0.2) is 0 Å². The second-order valence-electron chi connectivity index (χ2n) is 4.70. The smallest absolute Gasteiger partial charge is 0.132 e. The van der Waals surface area contributed by atoms with E-state index in [4.69, 9.17) is 0 Å². The number of benzene rings is 1. The molecule has 1 aromatic heterocycles. The highest BCUT2D eigenvalue weighted by Crippen LogP contribution is 2.29. The second kappa shape index (κ2) is 4.73. The minimum Gasteiger partial charge on any atom is -0.329 e. The van der Waals surface area contributed by atoms with E-state index in [2.05, 4.69) is 51.1 Å². The third-order valence-electron chi connectivity index (χ3n) is 3.52. The number of halogens is 1. The Balaban J connectivity index is 1.92. The van der Waals surface area contributed by atoms with E-state index in [-0.39, 0.29) is 0 Å². The summed E-state index contributed by atoms with van der Waals surface area (Å²) in [4.78, 5) is 6.56. The van der Waals surface area contributed by atoms with Crippen LogP contribution >= 0.6 is 15.9 Å². The number of fused-ring (bicyclic) bond motifs is 1. The molecule has 3 heteroatoms. The Morgan fingerprint density at radius 3 is 2.72 bits per heavy atom. The minimum atomic E-state index is 0.969. The van der Waals surface area contributed by atoms with Crippen LogP contribution in [0.25, 0.3) is 0 Å². The molecular formula is C15H15BrN2. The standard InChI is InChI=1S/C15H15BrN2/c1-18(15-8-6-13(16)10-17-15)14-7-5-11-3-2-4-12(11)9-14/h5-10H,2-4H2,1H3. The van der Waals surface area contributed by atoms with Gasteiger partial charge in [-0.25, -0.2) is 4.98 Å². The number of pyridine rings is 1. The molecule has 0 saturated heterocycles. The molecule has 1 aliphatic carbocycles. The first-order valence-electron chi connectivity index (χ1n) is 6.21. The van der Waals surface area contributed by atoms with Crippen molar-refractivity contribution in [1.82, 2.24) is 4.98 Å². The lowest BCUT2D eigenvalue weighted by Gasteiger charge is -2.19. The van der Waals surface area contributed by atoms with E-state index in [1.165, 1.54) is 36.1 Å². The lowest BCUT2D eigenvalue weighted by molar-refractivity contribution is 0.911. The summed E-state index contributed by atoms with van der Waals surface area (Å²) in [7, 11) is 2.06. The number of aromatic nitrogens is 1. The van der Waals surface area contributed by atoms with Crippen LogP contribution in [0.5, 0.6) is 0 Å². The number of aryl methyl sites for hydroxylation is 2. The summed E-state index contributed by atoms with van der Waals surface area (Å²) in [6, 6.07) is 10.8. The van der Waals surface area contributed by atoms with Crippen LogP contribution < -0.4 is 4.90 Å². The van der Waals surface area contributed by atoms with Gasteiger partial charge in [0, 0.05) is 23.4 Å². The van der Waals surface area contributed by atoms with Crippen molar-refractivity contribution in [1.29, 1.82) is 0 Å². The van der Waals surface area contributed by atoms with Crippen LogP contribution in [-0.2, 0) is 12.8 Å². The topological polar surface area (TPSA) is 16.1 Å². The molecule has 2 aromatic rings. The van der Waals surface area contributed by atoms with Crippen LogP contribution in [0, 0.1) is 0 Å². The summed E-state index contributed by atoms with van der Waals surface area (Å²) >= 11 is 3.41. The molecule has 0 aliphatic heterocycles. The summed E-state index contributed by atoms with van der Waals surface area (Å²) in [6.07, 6.45) is 5.57. The molecule has 0 unspecified atom stereocenters. The molecule has 92 valence electrons. The van der Waals surface area contributed by atoms with E-state index < -0.39 is 0 Å². The van der Waals surface area contributed by atoms with Crippen molar-refractivity contribution in [3.05, 3.63) is 52.1 Å². The Hall–Kier alpha value is -1.35. The Bertz CT molecular complexity index is 563. The zero-order chi connectivity index (χ0) is 12.5. The van der Waals surface area contributed by atoms with Gasteiger partial charge in [0.05, 0.1) is 0 Å². The fourth-order valence-electron chi connectivity index (χ4n) is 2.47. The quantitative estimate of drug-likeness (QED) is 0.830. The first kappa shape index (κ1) is 11.7. The van der Waals surface area contributed by atoms with Gasteiger partial charge in [0.2, 0.25) is 0 Å². The van der Waals surface area contributed by atoms with Crippen LogP contribution in [0.15, 0.2) is 41.0 Å². The van der Waals surface area contributed by atoms with Crippen LogP contribution in [0.3, 0.4) is 0 Å². The lowest BCUT2D eigenvalue weighted by Crippen LogP contribution is -2.11. The van der Waals surface area contributed by atoms with Gasteiger partial charge >= 0.3 is 0 Å². The van der Waals surface area contributed by atoms with Crippen molar-refractivity contribution in [3.63, 3.8) is 0 Å². The first-order chi connectivity index (χ1) is 8.74. The van der Waals surface area contributed by atoms with E-state index in [9.17, 15) is 0 Å². The molecule has 2 nitrogen and oxygen atoms in total. The number of hydrogen-bond donors (Lipinski definition) is 0. The Labute approximate surface area is 116 Å². The van der Waals surface area contributed by atoms with Crippen molar-refractivity contribution in [3.8, 4) is 0 Å². The van der Waals surface area contributed by atoms with Gasteiger partial charge in [-0.1, -0.05) is 6.07 Å². The molecule has 3 rings (SSSR count). The van der Waals surface area contributed by atoms with Gasteiger partial charge in [0.25, 0.3) is 0 Å². The van der Waals surface area contributed by atoms with E-state index >= 15 is 0 Å². The van der Waals surface area contributed by atoms with E-state index in [1.807, 2.05) is 18.3 Å². The molecule has 1 heterocycles. The number of hydrogen-bond acceptors (Lipinski definition) is 2. The van der Waals surface area contributed by atoms with Crippen LogP contribution in [0.1, 0.15) is 17.5 Å². The lowest BCUT2D eigenvalue weighted by atomic mass is 10.1. The van der Waals surface area contributed by atoms with Crippen molar-refractivity contribution in [2.45, 2.75) is 19.3 Å². The molecule has 18 heavy (non-hydrogen) atoms. The Morgan fingerprint density at radius 1 is 1.11 bits per heavy atom. The third-order valence-corrected chi connectivity index (χ3v) is 3.99. The SMILES string of the molecule is CN(c1ccc2c(c1)CCC2)c1ccc(Br)cn1. The first-order valence-corrected chi connectivity index (χ1v) is 7.00. The van der Waals surface area contributed by atoms with E-state index in [0.717, 1.165) is 10.3 Å². The largest absolute Gasteiger partial charge is 0.329 e. The van der Waals surface area contributed by atoms with Gasteiger partial charge in [-0.2, -0.15) is 0 Å². The Kier molecular flexibility index (Phi) is 3.08. The molecule has 0 N–H and O–H groups in total. The van der Waals surface area contributed by atoms with E-state index in [0.29, 0.717) is 0 Å². The fraction of sp³-hybridized carbons (Fsp3) is 0.267. The normalized spacial score (nSPS) is 13.4. The summed E-state index contributed by atoms with van der Waals surface area (Å²) in [6.45, 7) is 0. The van der Waals surface area contributed by atoms with Crippen LogP contribution in [-0.4, -0.2) is 12.0 Å². The second-order valence-corrected chi connectivity index (χ2v) is 5.62. The van der Waals surface area contributed by atoms with Crippen molar-refractivity contribution in [2.24, 2.45) is 0 Å². The number of anilines is 2. The monoisotopic (exact) mass is 302 g/mol. The Morgan fingerprint density at radius 2 is 1.94 bits per heavy atom. The molecular weight excluding hydrogens is 288 g/mol. The highest BCUT2D eigenvalue weighted by Gasteiger charge is 2.13. The summed E-state index contributed by atoms with van der Waals surface area (Å²) < 4.78 is 1.01. The van der Waals surface area contributed by atoms with Crippen LogP contribution in [0.4, 0.5) is 11.5 Å². The van der Waals surface area contributed by atoms with E-state index in [1.54, 1.807) is 0 Å². The maximum atomic E-state index is 4.43. The average molecular weight is 303 g/mol. The third kappa shape index (κ3) is 2.15. The van der Waals surface area contributed by atoms with Gasteiger partial charge < -0.3 is 4.90 Å². The molecule has 1 aliphatic rings.